The van der Waals surface area contributed by atoms with Crippen molar-refractivity contribution in [2.45, 2.75) is 25.8 Å². The summed E-state index contributed by atoms with van der Waals surface area (Å²) in [6, 6.07) is 0.458. The lowest BCUT2D eigenvalue weighted by molar-refractivity contribution is 0.134. The molecule has 0 aromatic carbocycles. The van der Waals surface area contributed by atoms with E-state index in [9.17, 15) is 0 Å². The third-order valence-electron chi connectivity index (χ3n) is 3.24. The summed E-state index contributed by atoms with van der Waals surface area (Å²) in [4.78, 5) is 6.90. The van der Waals surface area contributed by atoms with Crippen molar-refractivity contribution >= 4 is 11.3 Å². The Kier molecular flexibility index (Phi) is 3.72. The Morgan fingerprint density at radius 1 is 1.73 bits per heavy atom. The largest absolute Gasteiger partial charge is 0.330 e. The molecule has 1 saturated heterocycles. The predicted octanol–water partition coefficient (Wildman–Crippen LogP) is 1.87. The number of aromatic nitrogens is 1. The monoisotopic (exact) mass is 225 g/mol. The minimum Gasteiger partial charge on any atom is -0.330 e. The van der Waals surface area contributed by atoms with E-state index < -0.39 is 0 Å². The second-order valence-corrected chi connectivity index (χ2v) is 5.21. The van der Waals surface area contributed by atoms with Gasteiger partial charge in [0.2, 0.25) is 0 Å². The molecule has 1 aliphatic rings. The lowest BCUT2D eigenvalue weighted by Crippen LogP contribution is -2.39. The van der Waals surface area contributed by atoms with Gasteiger partial charge in [0.15, 0.2) is 0 Å². The van der Waals surface area contributed by atoms with Crippen LogP contribution in [0.5, 0.6) is 0 Å². The van der Waals surface area contributed by atoms with Gasteiger partial charge < -0.3 is 5.73 Å². The van der Waals surface area contributed by atoms with Crippen molar-refractivity contribution < 1.29 is 0 Å². The summed E-state index contributed by atoms with van der Waals surface area (Å²) in [6.45, 7) is 5.40. The topological polar surface area (TPSA) is 42.2 Å². The maximum absolute atomic E-state index is 5.74. The summed E-state index contributed by atoms with van der Waals surface area (Å²) in [5, 5.41) is 3.28. The van der Waals surface area contributed by atoms with Gasteiger partial charge in [0.05, 0.1) is 6.04 Å². The van der Waals surface area contributed by atoms with E-state index in [0.29, 0.717) is 12.0 Å². The van der Waals surface area contributed by atoms with Crippen LogP contribution in [0, 0.1) is 5.92 Å². The molecule has 0 aliphatic carbocycles. The zero-order chi connectivity index (χ0) is 10.7. The summed E-state index contributed by atoms with van der Waals surface area (Å²) in [5.41, 5.74) is 5.74. The zero-order valence-electron chi connectivity index (χ0n) is 9.22. The number of likely N-dealkylation sites (tertiary alicyclic amines) is 1. The van der Waals surface area contributed by atoms with Crippen molar-refractivity contribution in [3.05, 3.63) is 16.6 Å². The zero-order valence-corrected chi connectivity index (χ0v) is 10.0. The molecule has 2 N–H and O–H groups in total. The number of nitrogens with zero attached hydrogens (tertiary/aromatic N) is 2. The summed E-state index contributed by atoms with van der Waals surface area (Å²) in [5.74, 6) is 0.682. The molecule has 2 atom stereocenters. The van der Waals surface area contributed by atoms with Gasteiger partial charge in [-0.15, -0.1) is 11.3 Å². The molecular weight excluding hydrogens is 206 g/mol. The summed E-state index contributed by atoms with van der Waals surface area (Å²) >= 11 is 1.75. The molecular formula is C11H19N3S. The molecule has 0 bridgehead atoms. The Hall–Kier alpha value is -0.450. The van der Waals surface area contributed by atoms with Gasteiger partial charge in [-0.25, -0.2) is 4.98 Å². The van der Waals surface area contributed by atoms with Gasteiger partial charge in [-0.1, -0.05) is 0 Å². The van der Waals surface area contributed by atoms with E-state index in [1.54, 1.807) is 11.3 Å². The van der Waals surface area contributed by atoms with Crippen LogP contribution in [0.3, 0.4) is 0 Å². The van der Waals surface area contributed by atoms with Crippen LogP contribution in [0.15, 0.2) is 11.6 Å². The van der Waals surface area contributed by atoms with Crippen molar-refractivity contribution in [2.75, 3.05) is 19.6 Å². The van der Waals surface area contributed by atoms with Crippen molar-refractivity contribution in [1.29, 1.82) is 0 Å². The molecule has 84 valence electrons. The van der Waals surface area contributed by atoms with Crippen LogP contribution in [0.4, 0.5) is 0 Å². The van der Waals surface area contributed by atoms with Crippen molar-refractivity contribution in [1.82, 2.24) is 9.88 Å². The first-order valence-corrected chi connectivity index (χ1v) is 6.52. The van der Waals surface area contributed by atoms with Crippen LogP contribution in [0.1, 0.15) is 30.8 Å². The first kappa shape index (κ1) is 11.0. The molecule has 0 saturated carbocycles. The highest BCUT2D eigenvalue weighted by Crippen LogP contribution is 2.27. The Morgan fingerprint density at radius 3 is 3.27 bits per heavy atom. The normalized spacial score (nSPS) is 25.3. The average molecular weight is 225 g/mol. The molecule has 2 heterocycles. The fourth-order valence-electron chi connectivity index (χ4n) is 2.24. The average Bonchev–Trinajstić information content (AvgIpc) is 2.81. The molecule has 2 unspecified atom stereocenters. The highest BCUT2D eigenvalue weighted by Gasteiger charge is 2.24. The summed E-state index contributed by atoms with van der Waals surface area (Å²) < 4.78 is 0. The number of rotatable bonds is 3. The molecule has 2 rings (SSSR count). The van der Waals surface area contributed by atoms with Gasteiger partial charge in [0.25, 0.3) is 0 Å². The molecule has 0 spiro atoms. The van der Waals surface area contributed by atoms with Gasteiger partial charge in [0.1, 0.15) is 5.01 Å². The molecule has 1 aliphatic heterocycles. The standard InChI is InChI=1S/C11H19N3S/c1-9(11-13-4-6-15-11)14-5-2-3-10(7-12)8-14/h4,6,9-10H,2-3,5,7-8,12H2,1H3. The minimum absolute atomic E-state index is 0.458. The molecule has 1 fully saturated rings. The van der Waals surface area contributed by atoms with E-state index in [-0.39, 0.29) is 0 Å². The minimum atomic E-state index is 0.458. The first-order chi connectivity index (χ1) is 7.31. The fraction of sp³-hybridized carbons (Fsp3) is 0.727. The Balaban J connectivity index is 1.98. The molecule has 15 heavy (non-hydrogen) atoms. The third-order valence-corrected chi connectivity index (χ3v) is 4.19. The SMILES string of the molecule is CC(c1nccs1)N1CCCC(CN)C1. The molecule has 3 nitrogen and oxygen atoms in total. The maximum atomic E-state index is 5.74. The van der Waals surface area contributed by atoms with Crippen LogP contribution in [0.2, 0.25) is 0 Å². The molecule has 4 heteroatoms. The van der Waals surface area contributed by atoms with Crippen LogP contribution in [0.25, 0.3) is 0 Å². The number of hydrogen-bond acceptors (Lipinski definition) is 4. The number of piperidine rings is 1. The van der Waals surface area contributed by atoms with Crippen molar-refractivity contribution in [2.24, 2.45) is 11.7 Å². The number of nitrogens with two attached hydrogens (primary N) is 1. The lowest BCUT2D eigenvalue weighted by atomic mass is 9.97. The van der Waals surface area contributed by atoms with E-state index in [0.717, 1.165) is 13.1 Å². The van der Waals surface area contributed by atoms with Gasteiger partial charge in [0, 0.05) is 18.1 Å². The first-order valence-electron chi connectivity index (χ1n) is 5.64. The van der Waals surface area contributed by atoms with E-state index in [2.05, 4.69) is 22.2 Å². The van der Waals surface area contributed by atoms with Gasteiger partial charge in [-0.2, -0.15) is 0 Å². The van der Waals surface area contributed by atoms with Gasteiger partial charge >= 0.3 is 0 Å². The van der Waals surface area contributed by atoms with Crippen molar-refractivity contribution in [3.8, 4) is 0 Å². The second kappa shape index (κ2) is 5.05. The van der Waals surface area contributed by atoms with E-state index in [4.69, 9.17) is 5.73 Å². The van der Waals surface area contributed by atoms with E-state index >= 15 is 0 Å². The number of thiazole rings is 1. The quantitative estimate of drug-likeness (QED) is 0.854. The van der Waals surface area contributed by atoms with E-state index in [1.807, 2.05) is 6.20 Å². The fourth-order valence-corrected chi connectivity index (χ4v) is 2.97. The smallest absolute Gasteiger partial charge is 0.109 e. The van der Waals surface area contributed by atoms with Crippen LogP contribution in [-0.2, 0) is 0 Å². The van der Waals surface area contributed by atoms with Gasteiger partial charge in [-0.3, -0.25) is 4.90 Å². The van der Waals surface area contributed by atoms with Crippen molar-refractivity contribution in [3.63, 3.8) is 0 Å². The highest BCUT2D eigenvalue weighted by atomic mass is 32.1. The van der Waals surface area contributed by atoms with Crippen LogP contribution >= 0.6 is 11.3 Å². The second-order valence-electron chi connectivity index (χ2n) is 4.29. The van der Waals surface area contributed by atoms with Crippen LogP contribution < -0.4 is 5.73 Å². The molecule has 1 aromatic heterocycles. The van der Waals surface area contributed by atoms with E-state index in [1.165, 1.54) is 24.4 Å². The maximum Gasteiger partial charge on any atom is 0.109 e. The summed E-state index contributed by atoms with van der Waals surface area (Å²) in [7, 11) is 0. The predicted molar refractivity (Wildman–Crippen MR) is 63.9 cm³/mol. The summed E-state index contributed by atoms with van der Waals surface area (Å²) in [6.07, 6.45) is 4.45. The molecule has 0 radical (unpaired) electrons. The number of hydrogen-bond donors (Lipinski definition) is 1. The third kappa shape index (κ3) is 2.56. The molecule has 0 amide bonds. The Morgan fingerprint density at radius 2 is 2.60 bits per heavy atom. The van der Waals surface area contributed by atoms with Crippen LogP contribution in [-0.4, -0.2) is 29.5 Å². The Bertz CT molecular complexity index is 286. The van der Waals surface area contributed by atoms with Gasteiger partial charge in [-0.05, 0) is 38.8 Å². The lowest BCUT2D eigenvalue weighted by Gasteiger charge is -2.35. The highest BCUT2D eigenvalue weighted by molar-refractivity contribution is 7.09. The Labute approximate surface area is 95.3 Å². The molecule has 1 aromatic rings.